The second-order valence-electron chi connectivity index (χ2n) is 9.68. The molecule has 4 N–H and O–H groups in total. The number of carbonyl (C=O) groups excluding carboxylic acids is 1. The fraction of sp³-hybridized carbons (Fsp3) is 0.407. The number of hydrogen-bond donors (Lipinski definition) is 4. The lowest BCUT2D eigenvalue weighted by atomic mass is 9.81. The fourth-order valence-corrected chi connectivity index (χ4v) is 4.92. The van der Waals surface area contributed by atoms with Gasteiger partial charge in [0.15, 0.2) is 5.82 Å². The van der Waals surface area contributed by atoms with Crippen LogP contribution in [0.25, 0.3) is 0 Å². The first-order valence-corrected chi connectivity index (χ1v) is 12.8. The van der Waals surface area contributed by atoms with Gasteiger partial charge in [-0.05, 0) is 39.3 Å². The van der Waals surface area contributed by atoms with Crippen LogP contribution in [0.4, 0.5) is 11.5 Å². The van der Waals surface area contributed by atoms with Gasteiger partial charge in [-0.25, -0.2) is 14.4 Å². The number of aliphatic carboxylic acids is 2. The minimum atomic E-state index is -1.26. The molecule has 0 saturated heterocycles. The summed E-state index contributed by atoms with van der Waals surface area (Å²) in [6, 6.07) is 3.80. The Labute approximate surface area is 231 Å². The summed E-state index contributed by atoms with van der Waals surface area (Å²) in [6.45, 7) is 9.03. The van der Waals surface area contributed by atoms with E-state index in [0.717, 1.165) is 41.2 Å². The van der Waals surface area contributed by atoms with Gasteiger partial charge in [0.05, 0.1) is 30.3 Å². The second-order valence-corrected chi connectivity index (χ2v) is 10.1. The number of carboxylic acid groups (broad SMARTS) is 2. The van der Waals surface area contributed by atoms with Crippen molar-refractivity contribution in [2.45, 2.75) is 52.1 Å². The van der Waals surface area contributed by atoms with Crippen molar-refractivity contribution in [1.29, 1.82) is 0 Å². The highest BCUT2D eigenvalue weighted by Gasteiger charge is 2.40. The van der Waals surface area contributed by atoms with Crippen LogP contribution in [0.5, 0.6) is 5.75 Å². The topological polar surface area (TPSA) is 154 Å². The monoisotopic (exact) mass is 560 g/mol. The Balaban J connectivity index is 0.000000459. The molecule has 12 heteroatoms. The molecule has 0 fully saturated rings. The molecule has 39 heavy (non-hydrogen) atoms. The first-order valence-electron chi connectivity index (χ1n) is 12.5. The zero-order valence-electron chi connectivity index (χ0n) is 22.5. The van der Waals surface area contributed by atoms with Crippen LogP contribution in [0, 0.1) is 0 Å². The van der Waals surface area contributed by atoms with Gasteiger partial charge in [0.1, 0.15) is 11.4 Å². The third kappa shape index (κ3) is 6.91. The molecule has 0 spiro atoms. The first kappa shape index (κ1) is 29.6. The lowest BCUT2D eigenvalue weighted by Gasteiger charge is -2.41. The Kier molecular flexibility index (Phi) is 9.28. The fourth-order valence-electron chi connectivity index (χ4n) is 4.70. The number of allylic oxidation sites excluding steroid dienone is 1. The lowest BCUT2D eigenvalue weighted by molar-refractivity contribution is -0.139. The Morgan fingerprint density at radius 3 is 2.46 bits per heavy atom. The molecule has 2 aliphatic heterocycles. The van der Waals surface area contributed by atoms with Crippen LogP contribution in [0.2, 0.25) is 5.02 Å². The second kappa shape index (κ2) is 12.2. The third-order valence-electron chi connectivity index (χ3n) is 6.01. The molecular weight excluding hydrogens is 528 g/mol. The van der Waals surface area contributed by atoms with Crippen LogP contribution in [-0.2, 0) is 19.1 Å². The molecule has 1 atom stereocenters. The minimum absolute atomic E-state index is 0.298. The minimum Gasteiger partial charge on any atom is -0.484 e. The zero-order chi connectivity index (χ0) is 28.9. The molecule has 2 aliphatic rings. The summed E-state index contributed by atoms with van der Waals surface area (Å²) in [6.07, 6.45) is 4.51. The number of H-pyrrole nitrogens is 1. The Hall–Kier alpha value is -3.99. The number of carboxylic acids is 2. The summed E-state index contributed by atoms with van der Waals surface area (Å²) in [4.78, 5) is 34.5. The van der Waals surface area contributed by atoms with E-state index in [4.69, 9.17) is 31.3 Å². The summed E-state index contributed by atoms with van der Waals surface area (Å²) in [5.74, 6) is -1.82. The summed E-state index contributed by atoms with van der Waals surface area (Å²) >= 11 is 6.57. The Bertz CT molecular complexity index is 1300. The molecule has 4 rings (SSSR count). The van der Waals surface area contributed by atoms with Gasteiger partial charge in [-0.2, -0.15) is 5.10 Å². The first-order chi connectivity index (χ1) is 18.4. The van der Waals surface area contributed by atoms with Crippen molar-refractivity contribution in [3.63, 3.8) is 0 Å². The van der Waals surface area contributed by atoms with E-state index in [1.54, 1.807) is 0 Å². The van der Waals surface area contributed by atoms with Gasteiger partial charge in [0.2, 0.25) is 0 Å². The number of hydrogen-bond acceptors (Lipinski definition) is 8. The summed E-state index contributed by atoms with van der Waals surface area (Å²) in [5.41, 5.74) is 3.62. The number of benzene rings is 1. The molecule has 0 aliphatic carbocycles. The number of ether oxygens (including phenoxy) is 2. The predicted octanol–water partition coefficient (Wildman–Crippen LogP) is 4.56. The van der Waals surface area contributed by atoms with Crippen LogP contribution in [-0.4, -0.2) is 64.1 Å². The predicted molar refractivity (Wildman–Crippen MR) is 146 cm³/mol. The number of halogens is 1. The average Bonchev–Trinajstić information content (AvgIpc) is 3.31. The van der Waals surface area contributed by atoms with E-state index in [-0.39, 0.29) is 5.97 Å². The Morgan fingerprint density at radius 1 is 1.21 bits per heavy atom. The van der Waals surface area contributed by atoms with Gasteiger partial charge in [0.25, 0.3) is 0 Å². The summed E-state index contributed by atoms with van der Waals surface area (Å²) in [7, 11) is 2.03. The van der Waals surface area contributed by atoms with Crippen molar-refractivity contribution in [3.8, 4) is 5.75 Å². The van der Waals surface area contributed by atoms with Crippen molar-refractivity contribution in [2.24, 2.45) is 0 Å². The van der Waals surface area contributed by atoms with E-state index >= 15 is 0 Å². The van der Waals surface area contributed by atoms with Crippen molar-refractivity contribution in [3.05, 3.63) is 57.9 Å². The maximum atomic E-state index is 13.2. The maximum Gasteiger partial charge on any atom is 0.336 e. The molecule has 1 unspecified atom stereocenters. The van der Waals surface area contributed by atoms with Crippen molar-refractivity contribution in [1.82, 2.24) is 10.2 Å². The van der Waals surface area contributed by atoms with E-state index in [1.807, 2.05) is 32.3 Å². The molecule has 2 aromatic rings. The third-order valence-corrected chi connectivity index (χ3v) is 6.23. The number of nitrogens with zero attached hydrogens (tertiary/aromatic N) is 2. The average molecular weight is 561 g/mol. The number of anilines is 2. The number of aromatic nitrogens is 2. The molecule has 3 heterocycles. The number of rotatable bonds is 7. The van der Waals surface area contributed by atoms with E-state index in [9.17, 15) is 14.4 Å². The zero-order valence-corrected chi connectivity index (χ0v) is 23.3. The highest BCUT2D eigenvalue weighted by atomic mass is 35.5. The van der Waals surface area contributed by atoms with Crippen LogP contribution >= 0.6 is 11.6 Å². The normalized spacial score (nSPS) is 17.3. The van der Waals surface area contributed by atoms with Gasteiger partial charge in [-0.1, -0.05) is 24.9 Å². The highest BCUT2D eigenvalue weighted by Crippen LogP contribution is 2.50. The number of esters is 1. The molecule has 1 aromatic heterocycles. The quantitative estimate of drug-likeness (QED) is 0.280. The molecule has 11 nitrogen and oxygen atoms in total. The van der Waals surface area contributed by atoms with E-state index in [0.29, 0.717) is 41.6 Å². The van der Waals surface area contributed by atoms with Crippen molar-refractivity contribution >= 4 is 41.0 Å². The number of carbonyl (C=O) groups is 3. The number of fused-ring (bicyclic) bond motifs is 2. The molecule has 0 amide bonds. The van der Waals surface area contributed by atoms with Crippen molar-refractivity contribution in [2.75, 3.05) is 30.4 Å². The highest BCUT2D eigenvalue weighted by molar-refractivity contribution is 6.31. The van der Waals surface area contributed by atoms with Gasteiger partial charge in [0, 0.05) is 47.2 Å². The van der Waals surface area contributed by atoms with Crippen molar-refractivity contribution < 1.29 is 34.1 Å². The van der Waals surface area contributed by atoms with E-state index in [2.05, 4.69) is 41.2 Å². The van der Waals surface area contributed by atoms with E-state index in [1.165, 1.54) is 0 Å². The van der Waals surface area contributed by atoms with Gasteiger partial charge >= 0.3 is 17.9 Å². The smallest absolute Gasteiger partial charge is 0.336 e. The molecule has 1 aromatic carbocycles. The summed E-state index contributed by atoms with van der Waals surface area (Å²) < 4.78 is 12.0. The number of aromatic amines is 1. The largest absolute Gasteiger partial charge is 0.484 e. The number of nitrogens with one attached hydrogen (secondary N) is 2. The molecule has 0 saturated carbocycles. The van der Waals surface area contributed by atoms with Crippen LogP contribution in [0.15, 0.2) is 41.8 Å². The van der Waals surface area contributed by atoms with Crippen LogP contribution in [0.1, 0.15) is 57.6 Å². The lowest BCUT2D eigenvalue weighted by Crippen LogP contribution is -2.45. The molecule has 0 radical (unpaired) electrons. The van der Waals surface area contributed by atoms with E-state index < -0.39 is 23.5 Å². The molecule has 0 bridgehead atoms. The SMILES string of the molecule is CCCC1=C(C(=O)OCC)C(c2cc(Cl)cc3c2OC(C)(C)CN3C)c2c[nH]nc2N1.O=C(O)C=CC(=O)O. The summed E-state index contributed by atoms with van der Waals surface area (Å²) in [5, 5.41) is 26.9. The van der Waals surface area contributed by atoms with Gasteiger partial charge in [-0.3, -0.25) is 5.10 Å². The van der Waals surface area contributed by atoms with Crippen LogP contribution < -0.4 is 15.0 Å². The molecule has 210 valence electrons. The van der Waals surface area contributed by atoms with Gasteiger partial charge < -0.3 is 29.9 Å². The van der Waals surface area contributed by atoms with Crippen LogP contribution in [0.3, 0.4) is 0 Å². The number of likely N-dealkylation sites (N-methyl/N-ethyl adjacent to an activating group) is 1. The Morgan fingerprint density at radius 2 is 1.87 bits per heavy atom. The maximum absolute atomic E-state index is 13.2. The molecular formula is C27H33ClN4O7. The van der Waals surface area contributed by atoms with Gasteiger partial charge in [-0.15, -0.1) is 0 Å². The standard InChI is InChI=1S/C23H29ClN4O3.C4H4O4/c1-6-8-16-19(22(29)30-7-2)18(15-11-25-27-21(15)26-16)14-9-13(24)10-17-20(14)31-23(3,4)12-28(17)5;5-3(6)1-2-4(7)8/h9-11,18H,6-8,12H2,1-5H3,(H2,25,26,27);1-2H,(H,5,6)(H,7,8).